The predicted octanol–water partition coefficient (Wildman–Crippen LogP) is 3.73. The highest BCUT2D eigenvalue weighted by Crippen LogP contribution is 2.37. The number of halogens is 4. The van der Waals surface area contributed by atoms with E-state index in [4.69, 9.17) is 0 Å². The van der Waals surface area contributed by atoms with Crippen LogP contribution in [0.15, 0.2) is 12.1 Å². The molecule has 3 nitrogen and oxygen atoms in total. The van der Waals surface area contributed by atoms with Gasteiger partial charge < -0.3 is 4.90 Å². The first kappa shape index (κ1) is 15.2. The molecule has 0 unspecified atom stereocenters. The number of rotatable bonds is 1. The van der Waals surface area contributed by atoms with Crippen molar-refractivity contribution < 1.29 is 22.4 Å². The summed E-state index contributed by atoms with van der Waals surface area (Å²) in [6.45, 7) is 1.62. The minimum absolute atomic E-state index is 0.0752. The van der Waals surface area contributed by atoms with Crippen molar-refractivity contribution in [2.75, 3.05) is 0 Å². The third kappa shape index (κ3) is 2.68. The Morgan fingerprint density at radius 3 is 2.50 bits per heavy atom. The quantitative estimate of drug-likeness (QED) is 0.740. The molecule has 1 fully saturated rings. The number of pyridine rings is 1. The monoisotopic (exact) mass is 316 g/mol. The normalized spacial score (nSPS) is 28.9. The van der Waals surface area contributed by atoms with E-state index in [9.17, 15) is 22.4 Å². The summed E-state index contributed by atoms with van der Waals surface area (Å²) in [5.41, 5.74) is -1.82. The lowest BCUT2D eigenvalue weighted by Crippen LogP contribution is -2.41. The molecule has 0 bridgehead atoms. The number of hydrogen-bond donors (Lipinski definition) is 0. The van der Waals surface area contributed by atoms with Gasteiger partial charge in [0.2, 0.25) is 0 Å². The van der Waals surface area contributed by atoms with Gasteiger partial charge in [-0.15, -0.1) is 0 Å². The van der Waals surface area contributed by atoms with Gasteiger partial charge in [-0.05, 0) is 44.7 Å². The van der Waals surface area contributed by atoms with Crippen LogP contribution >= 0.6 is 0 Å². The van der Waals surface area contributed by atoms with E-state index in [1.807, 2.05) is 0 Å². The molecule has 1 aromatic rings. The first-order chi connectivity index (χ1) is 10.2. The number of carbonyl (C=O) groups is 1. The summed E-state index contributed by atoms with van der Waals surface area (Å²) in [6.07, 6.45) is -2.75. The highest BCUT2D eigenvalue weighted by atomic mass is 19.4. The zero-order valence-electron chi connectivity index (χ0n) is 12.1. The van der Waals surface area contributed by atoms with Crippen LogP contribution in [0.3, 0.4) is 0 Å². The van der Waals surface area contributed by atoms with Crippen LogP contribution in [-0.2, 0) is 12.7 Å². The maximum atomic E-state index is 13.8. The highest BCUT2D eigenvalue weighted by molar-refractivity contribution is 5.98. The van der Waals surface area contributed by atoms with E-state index in [0.29, 0.717) is 25.7 Å². The zero-order chi connectivity index (χ0) is 16.1. The maximum absolute atomic E-state index is 13.8. The topological polar surface area (TPSA) is 33.2 Å². The summed E-state index contributed by atoms with van der Waals surface area (Å²) >= 11 is 0. The fraction of sp³-hybridized carbons (Fsp3) is 0.600. The summed E-state index contributed by atoms with van der Waals surface area (Å²) in [7, 11) is 0. The van der Waals surface area contributed by atoms with Gasteiger partial charge in [-0.1, -0.05) is 0 Å². The van der Waals surface area contributed by atoms with E-state index in [1.54, 1.807) is 6.92 Å². The second kappa shape index (κ2) is 4.93. The zero-order valence-corrected chi connectivity index (χ0v) is 12.1. The van der Waals surface area contributed by atoms with Gasteiger partial charge in [-0.3, -0.25) is 4.79 Å². The van der Waals surface area contributed by atoms with Crippen molar-refractivity contribution in [3.63, 3.8) is 0 Å². The van der Waals surface area contributed by atoms with E-state index < -0.39 is 17.5 Å². The second-order valence-corrected chi connectivity index (χ2v) is 6.27. The van der Waals surface area contributed by atoms with Crippen LogP contribution in [0.2, 0.25) is 0 Å². The van der Waals surface area contributed by atoms with Crippen LogP contribution in [-0.4, -0.2) is 27.5 Å². The van der Waals surface area contributed by atoms with Crippen LogP contribution in [0.25, 0.3) is 0 Å². The van der Waals surface area contributed by atoms with E-state index in [1.165, 1.54) is 11.0 Å². The van der Waals surface area contributed by atoms with Crippen molar-refractivity contribution in [1.29, 1.82) is 0 Å². The standard InChI is InChI=1S/C15H16F4N2O/c1-14(16)6-4-9(5-7-14)21-8-11-10(13(21)22)2-3-12(20-11)15(17,18)19/h2-3,9H,4-8H2,1H3/t9-,14-. The molecule has 22 heavy (non-hydrogen) atoms. The van der Waals surface area contributed by atoms with Gasteiger partial charge in [0.1, 0.15) is 11.4 Å². The van der Waals surface area contributed by atoms with Crippen LogP contribution in [0.5, 0.6) is 0 Å². The lowest BCUT2D eigenvalue weighted by Gasteiger charge is -2.36. The number of hydrogen-bond acceptors (Lipinski definition) is 2. The molecule has 7 heteroatoms. The molecule has 1 aliphatic carbocycles. The van der Waals surface area contributed by atoms with Gasteiger partial charge in [0.25, 0.3) is 5.91 Å². The van der Waals surface area contributed by atoms with E-state index in [2.05, 4.69) is 4.98 Å². The number of alkyl halides is 4. The second-order valence-electron chi connectivity index (χ2n) is 6.27. The summed E-state index contributed by atoms with van der Waals surface area (Å²) < 4.78 is 51.9. The lowest BCUT2D eigenvalue weighted by atomic mass is 9.84. The molecule has 3 rings (SSSR count). The van der Waals surface area contributed by atoms with E-state index >= 15 is 0 Å². The first-order valence-electron chi connectivity index (χ1n) is 7.24. The maximum Gasteiger partial charge on any atom is 0.433 e. The van der Waals surface area contributed by atoms with Crippen molar-refractivity contribution in [2.24, 2.45) is 0 Å². The first-order valence-corrected chi connectivity index (χ1v) is 7.24. The van der Waals surface area contributed by atoms with Gasteiger partial charge in [0, 0.05) is 6.04 Å². The molecule has 2 heterocycles. The van der Waals surface area contributed by atoms with Crippen molar-refractivity contribution in [3.05, 3.63) is 29.1 Å². The summed E-state index contributed by atoms with van der Waals surface area (Å²) in [6, 6.07) is 1.90. The van der Waals surface area contributed by atoms with Crippen LogP contribution < -0.4 is 0 Å². The van der Waals surface area contributed by atoms with Crippen molar-refractivity contribution in [2.45, 2.75) is 57.0 Å². The largest absolute Gasteiger partial charge is 0.433 e. The van der Waals surface area contributed by atoms with Crippen LogP contribution in [0, 0.1) is 0 Å². The number of carbonyl (C=O) groups excluding carboxylic acids is 1. The molecule has 0 radical (unpaired) electrons. The average Bonchev–Trinajstić information content (AvgIpc) is 2.75. The minimum atomic E-state index is -4.52. The molecule has 0 aromatic carbocycles. The molecule has 1 aliphatic heterocycles. The molecular weight excluding hydrogens is 300 g/mol. The Kier molecular flexibility index (Phi) is 3.41. The Balaban J connectivity index is 1.80. The molecule has 1 aromatic heterocycles. The SMILES string of the molecule is C[C@]1(F)CC[C@H](N2Cc3nc(C(F)(F)F)ccc3C2=O)CC1. The number of aromatic nitrogens is 1. The van der Waals surface area contributed by atoms with Gasteiger partial charge in [-0.2, -0.15) is 13.2 Å². The smallest absolute Gasteiger partial charge is 0.330 e. The molecule has 0 saturated heterocycles. The summed E-state index contributed by atoms with van der Waals surface area (Å²) in [4.78, 5) is 17.5. The fourth-order valence-corrected chi connectivity index (χ4v) is 3.17. The highest BCUT2D eigenvalue weighted by Gasteiger charge is 2.40. The van der Waals surface area contributed by atoms with Crippen molar-refractivity contribution in [1.82, 2.24) is 9.88 Å². The number of fused-ring (bicyclic) bond motifs is 1. The van der Waals surface area contributed by atoms with Gasteiger partial charge >= 0.3 is 6.18 Å². The molecule has 2 aliphatic rings. The Morgan fingerprint density at radius 1 is 1.27 bits per heavy atom. The summed E-state index contributed by atoms with van der Waals surface area (Å²) in [5, 5.41) is 0. The number of nitrogens with zero attached hydrogens (tertiary/aromatic N) is 2. The molecule has 0 N–H and O–H groups in total. The minimum Gasteiger partial charge on any atom is -0.330 e. The lowest BCUT2D eigenvalue weighted by molar-refractivity contribution is -0.141. The van der Waals surface area contributed by atoms with Gasteiger partial charge in [-0.25, -0.2) is 9.37 Å². The Hall–Kier alpha value is -1.66. The Morgan fingerprint density at radius 2 is 1.91 bits per heavy atom. The van der Waals surface area contributed by atoms with Crippen LogP contribution in [0.1, 0.15) is 54.4 Å². The molecule has 0 spiro atoms. The van der Waals surface area contributed by atoms with Crippen molar-refractivity contribution >= 4 is 5.91 Å². The average molecular weight is 316 g/mol. The number of amides is 1. The molecular formula is C15H16F4N2O. The van der Waals surface area contributed by atoms with Gasteiger partial charge in [0.15, 0.2) is 0 Å². The third-order valence-electron chi connectivity index (χ3n) is 4.51. The van der Waals surface area contributed by atoms with Gasteiger partial charge in [0.05, 0.1) is 17.8 Å². The molecule has 1 saturated carbocycles. The Bertz CT molecular complexity index is 602. The molecule has 120 valence electrons. The molecule has 1 amide bonds. The van der Waals surface area contributed by atoms with Crippen molar-refractivity contribution in [3.8, 4) is 0 Å². The fourth-order valence-electron chi connectivity index (χ4n) is 3.17. The van der Waals surface area contributed by atoms with E-state index in [0.717, 1.165) is 6.07 Å². The molecule has 0 atom stereocenters. The van der Waals surface area contributed by atoms with Crippen LogP contribution in [0.4, 0.5) is 17.6 Å². The summed E-state index contributed by atoms with van der Waals surface area (Å²) in [5.74, 6) is -0.302. The third-order valence-corrected chi connectivity index (χ3v) is 4.51. The Labute approximate surface area is 125 Å². The van der Waals surface area contributed by atoms with E-state index in [-0.39, 0.29) is 29.8 Å². The predicted molar refractivity (Wildman–Crippen MR) is 70.9 cm³/mol.